The Morgan fingerprint density at radius 3 is 2.59 bits per heavy atom. The third kappa shape index (κ3) is 3.02. The van der Waals surface area contributed by atoms with E-state index in [-0.39, 0.29) is 17.4 Å². The summed E-state index contributed by atoms with van der Waals surface area (Å²) < 4.78 is 0. The number of carbonyl (C=O) groups excluding carboxylic acids is 1. The summed E-state index contributed by atoms with van der Waals surface area (Å²) in [5, 5.41) is 7.44. The highest BCUT2D eigenvalue weighted by atomic mass is 35.5. The van der Waals surface area contributed by atoms with Crippen LogP contribution in [0, 0.1) is 5.92 Å². The van der Waals surface area contributed by atoms with E-state index in [0.29, 0.717) is 5.92 Å². The molecule has 1 aromatic rings. The first-order chi connectivity index (χ1) is 10.6. The van der Waals surface area contributed by atoms with Gasteiger partial charge >= 0.3 is 0 Å². The van der Waals surface area contributed by atoms with Gasteiger partial charge in [-0.25, -0.2) is 0 Å². The molecule has 2 fully saturated rings. The van der Waals surface area contributed by atoms with Crippen LogP contribution < -0.4 is 10.6 Å². The fraction of sp³-hybridized carbons (Fsp3) is 0.611. The van der Waals surface area contributed by atoms with Crippen molar-refractivity contribution < 1.29 is 4.79 Å². The normalized spacial score (nSPS) is 27.5. The smallest absolute Gasteiger partial charge is 0.230 e. The van der Waals surface area contributed by atoms with Gasteiger partial charge in [0.05, 0.1) is 5.41 Å². The van der Waals surface area contributed by atoms with Gasteiger partial charge in [0.2, 0.25) is 5.91 Å². The number of hydrogen-bond donors (Lipinski definition) is 2. The van der Waals surface area contributed by atoms with Crippen molar-refractivity contribution in [3.8, 4) is 0 Å². The number of benzene rings is 1. The predicted molar refractivity (Wildman–Crippen MR) is 90.2 cm³/mol. The van der Waals surface area contributed by atoms with E-state index in [1.54, 1.807) is 0 Å². The van der Waals surface area contributed by atoms with Gasteiger partial charge < -0.3 is 10.6 Å². The molecule has 1 aliphatic carbocycles. The zero-order valence-corrected chi connectivity index (χ0v) is 14.0. The molecule has 0 radical (unpaired) electrons. The fourth-order valence-electron chi connectivity index (χ4n) is 3.88. The summed E-state index contributed by atoms with van der Waals surface area (Å²) in [6.07, 6.45) is 5.24. The molecule has 120 valence electrons. The maximum Gasteiger partial charge on any atom is 0.230 e. The molecule has 1 aliphatic heterocycles. The van der Waals surface area contributed by atoms with Crippen LogP contribution in [0.4, 0.5) is 0 Å². The zero-order valence-electron chi connectivity index (χ0n) is 13.2. The van der Waals surface area contributed by atoms with Gasteiger partial charge in [-0.2, -0.15) is 0 Å². The average molecular weight is 321 g/mol. The van der Waals surface area contributed by atoms with E-state index < -0.39 is 0 Å². The Labute approximate surface area is 137 Å². The number of nitrogens with one attached hydrogen (secondary N) is 2. The molecule has 1 heterocycles. The molecule has 22 heavy (non-hydrogen) atoms. The highest BCUT2D eigenvalue weighted by Crippen LogP contribution is 2.42. The Morgan fingerprint density at radius 2 is 1.95 bits per heavy atom. The van der Waals surface area contributed by atoms with Gasteiger partial charge in [0.15, 0.2) is 0 Å². The van der Waals surface area contributed by atoms with Crippen molar-refractivity contribution in [2.24, 2.45) is 5.92 Å². The maximum atomic E-state index is 13.1. The van der Waals surface area contributed by atoms with Crippen molar-refractivity contribution in [1.82, 2.24) is 10.6 Å². The Balaban J connectivity index is 1.81. The number of halogens is 1. The fourth-order valence-corrected chi connectivity index (χ4v) is 4.01. The molecular formula is C18H25ClN2O. The van der Waals surface area contributed by atoms with E-state index in [9.17, 15) is 4.79 Å². The summed E-state index contributed by atoms with van der Waals surface area (Å²) in [6, 6.07) is 8.08. The second-order valence-electron chi connectivity index (χ2n) is 6.85. The summed E-state index contributed by atoms with van der Waals surface area (Å²) in [6.45, 7) is 4.16. The lowest BCUT2D eigenvalue weighted by molar-refractivity contribution is -0.127. The number of rotatable bonds is 3. The van der Waals surface area contributed by atoms with Gasteiger partial charge in [-0.15, -0.1) is 0 Å². The molecule has 1 aromatic carbocycles. The number of hydrogen-bond acceptors (Lipinski definition) is 2. The molecule has 2 unspecified atom stereocenters. The lowest BCUT2D eigenvalue weighted by atomic mass is 9.77. The maximum absolute atomic E-state index is 13.1. The SMILES string of the molecule is CC1CCNCC1NC(=O)C1(c2ccc(Cl)cc2)CCCC1. The first-order valence-electron chi connectivity index (χ1n) is 8.39. The Morgan fingerprint density at radius 1 is 1.27 bits per heavy atom. The second kappa shape index (κ2) is 6.59. The van der Waals surface area contributed by atoms with Crippen LogP contribution in [-0.4, -0.2) is 25.0 Å². The van der Waals surface area contributed by atoms with Crippen molar-refractivity contribution in [3.63, 3.8) is 0 Å². The summed E-state index contributed by atoms with van der Waals surface area (Å²) in [4.78, 5) is 13.1. The number of amides is 1. The van der Waals surface area contributed by atoms with Gasteiger partial charge in [-0.05, 0) is 49.4 Å². The predicted octanol–water partition coefficient (Wildman–Crippen LogP) is 3.27. The van der Waals surface area contributed by atoms with Crippen molar-refractivity contribution in [3.05, 3.63) is 34.9 Å². The average Bonchev–Trinajstić information content (AvgIpc) is 3.01. The Bertz CT molecular complexity index is 522. The van der Waals surface area contributed by atoms with Gasteiger partial charge in [-0.1, -0.05) is 43.5 Å². The topological polar surface area (TPSA) is 41.1 Å². The van der Waals surface area contributed by atoms with E-state index in [1.807, 2.05) is 24.3 Å². The summed E-state index contributed by atoms with van der Waals surface area (Å²) in [5.41, 5.74) is 0.755. The van der Waals surface area contributed by atoms with Crippen molar-refractivity contribution in [2.75, 3.05) is 13.1 Å². The molecule has 3 nitrogen and oxygen atoms in total. The molecule has 2 N–H and O–H groups in total. The lowest BCUT2D eigenvalue weighted by Crippen LogP contribution is -2.54. The third-order valence-electron chi connectivity index (χ3n) is 5.43. The summed E-state index contributed by atoms with van der Waals surface area (Å²) >= 11 is 6.01. The Kier molecular flexibility index (Phi) is 4.74. The molecule has 0 spiro atoms. The van der Waals surface area contributed by atoms with Crippen molar-refractivity contribution in [1.29, 1.82) is 0 Å². The second-order valence-corrected chi connectivity index (χ2v) is 7.28. The molecular weight excluding hydrogens is 296 g/mol. The number of carbonyl (C=O) groups is 1. The van der Waals surface area contributed by atoms with E-state index >= 15 is 0 Å². The van der Waals surface area contributed by atoms with Crippen LogP contribution in [-0.2, 0) is 10.2 Å². The van der Waals surface area contributed by atoms with E-state index in [2.05, 4.69) is 17.6 Å². The minimum absolute atomic E-state index is 0.202. The van der Waals surface area contributed by atoms with Crippen LogP contribution in [0.2, 0.25) is 5.02 Å². The van der Waals surface area contributed by atoms with E-state index in [4.69, 9.17) is 11.6 Å². The van der Waals surface area contributed by atoms with Crippen LogP contribution in [0.25, 0.3) is 0 Å². The van der Waals surface area contributed by atoms with Gasteiger partial charge in [0, 0.05) is 17.6 Å². The monoisotopic (exact) mass is 320 g/mol. The highest BCUT2D eigenvalue weighted by Gasteiger charge is 2.43. The first-order valence-corrected chi connectivity index (χ1v) is 8.77. The van der Waals surface area contributed by atoms with Crippen LogP contribution in [0.5, 0.6) is 0 Å². The molecule has 1 saturated carbocycles. The van der Waals surface area contributed by atoms with Gasteiger partial charge in [0.25, 0.3) is 0 Å². The van der Waals surface area contributed by atoms with Gasteiger partial charge in [-0.3, -0.25) is 4.79 Å². The Hall–Kier alpha value is -1.06. The largest absolute Gasteiger partial charge is 0.351 e. The van der Waals surface area contributed by atoms with Crippen LogP contribution in [0.15, 0.2) is 24.3 Å². The molecule has 0 aromatic heterocycles. The number of piperidine rings is 1. The van der Waals surface area contributed by atoms with Crippen molar-refractivity contribution >= 4 is 17.5 Å². The molecule has 2 aliphatic rings. The van der Waals surface area contributed by atoms with E-state index in [1.165, 1.54) is 0 Å². The van der Waals surface area contributed by atoms with Crippen LogP contribution in [0.3, 0.4) is 0 Å². The molecule has 2 atom stereocenters. The minimum Gasteiger partial charge on any atom is -0.351 e. The summed E-state index contributed by atoms with van der Waals surface area (Å²) in [7, 11) is 0. The standard InChI is InChI=1S/C18H25ClN2O/c1-13-8-11-20-12-16(13)21-17(22)18(9-2-3-10-18)14-4-6-15(19)7-5-14/h4-7,13,16,20H,2-3,8-12H2,1H3,(H,21,22). The minimum atomic E-state index is -0.359. The quantitative estimate of drug-likeness (QED) is 0.897. The molecule has 1 saturated heterocycles. The first kappa shape index (κ1) is 15.8. The summed E-state index contributed by atoms with van der Waals surface area (Å²) in [5.74, 6) is 0.738. The van der Waals surface area contributed by atoms with Gasteiger partial charge in [0.1, 0.15) is 0 Å². The van der Waals surface area contributed by atoms with Crippen molar-refractivity contribution in [2.45, 2.75) is 50.5 Å². The molecule has 3 rings (SSSR count). The molecule has 1 amide bonds. The third-order valence-corrected chi connectivity index (χ3v) is 5.68. The molecule has 0 bridgehead atoms. The van der Waals surface area contributed by atoms with Crippen LogP contribution in [0.1, 0.15) is 44.6 Å². The highest BCUT2D eigenvalue weighted by molar-refractivity contribution is 6.30. The van der Waals surface area contributed by atoms with E-state index in [0.717, 1.165) is 55.8 Å². The van der Waals surface area contributed by atoms with Crippen LogP contribution >= 0.6 is 11.6 Å². The lowest BCUT2D eigenvalue weighted by Gasteiger charge is -2.35. The molecule has 4 heteroatoms. The zero-order chi connectivity index (χ0) is 15.6.